The SMILES string of the molecule is CCc1cc2c(NCCc3noc(C)n3)nc(Cl)nc2s1. The Labute approximate surface area is 130 Å². The van der Waals surface area contributed by atoms with Crippen LogP contribution in [0.25, 0.3) is 10.2 Å². The van der Waals surface area contributed by atoms with Gasteiger partial charge in [-0.3, -0.25) is 0 Å². The Morgan fingerprint density at radius 1 is 1.33 bits per heavy atom. The quantitative estimate of drug-likeness (QED) is 0.726. The molecule has 0 unspecified atom stereocenters. The fraction of sp³-hybridized carbons (Fsp3) is 0.385. The van der Waals surface area contributed by atoms with Crippen molar-refractivity contribution < 1.29 is 4.52 Å². The van der Waals surface area contributed by atoms with Crippen LogP contribution >= 0.6 is 22.9 Å². The van der Waals surface area contributed by atoms with Crippen LogP contribution < -0.4 is 5.32 Å². The predicted octanol–water partition coefficient (Wildman–Crippen LogP) is 3.25. The normalized spacial score (nSPS) is 11.2. The summed E-state index contributed by atoms with van der Waals surface area (Å²) in [5.41, 5.74) is 0. The van der Waals surface area contributed by atoms with Gasteiger partial charge in [0, 0.05) is 24.8 Å². The Balaban J connectivity index is 1.77. The van der Waals surface area contributed by atoms with E-state index in [2.05, 4.69) is 38.4 Å². The number of aromatic nitrogens is 4. The highest BCUT2D eigenvalue weighted by atomic mass is 35.5. The number of anilines is 1. The van der Waals surface area contributed by atoms with E-state index in [1.165, 1.54) is 4.88 Å². The molecule has 21 heavy (non-hydrogen) atoms. The van der Waals surface area contributed by atoms with Crippen LogP contribution in [0.3, 0.4) is 0 Å². The Morgan fingerprint density at radius 3 is 2.90 bits per heavy atom. The van der Waals surface area contributed by atoms with Crippen LogP contribution in [0.1, 0.15) is 23.5 Å². The smallest absolute Gasteiger partial charge is 0.225 e. The van der Waals surface area contributed by atoms with Gasteiger partial charge < -0.3 is 9.84 Å². The van der Waals surface area contributed by atoms with Gasteiger partial charge in [-0.25, -0.2) is 9.97 Å². The van der Waals surface area contributed by atoms with Crippen LogP contribution in [-0.2, 0) is 12.8 Å². The summed E-state index contributed by atoms with van der Waals surface area (Å²) in [5, 5.41) is 8.39. The van der Waals surface area contributed by atoms with Crippen LogP contribution in [0.4, 0.5) is 5.82 Å². The first-order valence-corrected chi connectivity index (χ1v) is 7.84. The molecular weight excluding hydrogens is 310 g/mol. The molecule has 0 bridgehead atoms. The first kappa shape index (κ1) is 14.2. The molecule has 0 aliphatic carbocycles. The molecule has 0 aliphatic rings. The molecule has 0 atom stereocenters. The highest BCUT2D eigenvalue weighted by molar-refractivity contribution is 7.18. The van der Waals surface area contributed by atoms with Gasteiger partial charge in [-0.15, -0.1) is 11.3 Å². The van der Waals surface area contributed by atoms with E-state index >= 15 is 0 Å². The van der Waals surface area contributed by atoms with Crippen LogP contribution in [0.5, 0.6) is 0 Å². The van der Waals surface area contributed by atoms with E-state index in [9.17, 15) is 0 Å². The molecule has 8 heteroatoms. The van der Waals surface area contributed by atoms with E-state index < -0.39 is 0 Å². The molecule has 0 saturated heterocycles. The van der Waals surface area contributed by atoms with Crippen LogP contribution in [0.15, 0.2) is 10.6 Å². The van der Waals surface area contributed by atoms with E-state index in [0.717, 1.165) is 22.5 Å². The average molecular weight is 324 g/mol. The largest absolute Gasteiger partial charge is 0.369 e. The summed E-state index contributed by atoms with van der Waals surface area (Å²) < 4.78 is 4.94. The first-order valence-electron chi connectivity index (χ1n) is 6.64. The second-order valence-electron chi connectivity index (χ2n) is 4.53. The van der Waals surface area contributed by atoms with E-state index in [-0.39, 0.29) is 5.28 Å². The van der Waals surface area contributed by atoms with Gasteiger partial charge in [0.2, 0.25) is 11.2 Å². The van der Waals surface area contributed by atoms with Gasteiger partial charge in [-0.2, -0.15) is 4.98 Å². The number of rotatable bonds is 5. The lowest BCUT2D eigenvalue weighted by atomic mass is 10.3. The third kappa shape index (κ3) is 3.14. The van der Waals surface area contributed by atoms with Crippen LogP contribution in [0.2, 0.25) is 5.28 Å². The van der Waals surface area contributed by atoms with Crippen molar-refractivity contribution in [1.82, 2.24) is 20.1 Å². The Hall–Kier alpha value is -1.73. The fourth-order valence-electron chi connectivity index (χ4n) is 1.99. The Morgan fingerprint density at radius 2 is 2.19 bits per heavy atom. The highest BCUT2D eigenvalue weighted by Gasteiger charge is 2.11. The number of fused-ring (bicyclic) bond motifs is 1. The van der Waals surface area contributed by atoms with E-state index in [4.69, 9.17) is 16.1 Å². The lowest BCUT2D eigenvalue weighted by molar-refractivity contribution is 0.387. The maximum Gasteiger partial charge on any atom is 0.225 e. The zero-order valence-corrected chi connectivity index (χ0v) is 13.3. The summed E-state index contributed by atoms with van der Waals surface area (Å²) in [6.07, 6.45) is 1.63. The summed E-state index contributed by atoms with van der Waals surface area (Å²) in [6.45, 7) is 4.54. The molecule has 0 aromatic carbocycles. The Kier molecular flexibility index (Phi) is 4.03. The van der Waals surface area contributed by atoms with Crippen LogP contribution in [-0.4, -0.2) is 26.7 Å². The molecule has 3 aromatic rings. The van der Waals surface area contributed by atoms with Crippen molar-refractivity contribution in [3.05, 3.63) is 27.9 Å². The zero-order chi connectivity index (χ0) is 14.8. The second kappa shape index (κ2) is 5.95. The standard InChI is InChI=1S/C13H14ClN5OS/c1-3-8-6-9-11(17-13(14)18-12(9)21-8)15-5-4-10-16-7(2)20-19-10/h6H,3-5H2,1-2H3,(H,15,17,18). The van der Waals surface area contributed by atoms with E-state index in [1.54, 1.807) is 18.3 Å². The summed E-state index contributed by atoms with van der Waals surface area (Å²) >= 11 is 7.62. The second-order valence-corrected chi connectivity index (χ2v) is 5.99. The monoisotopic (exact) mass is 323 g/mol. The first-order chi connectivity index (χ1) is 10.2. The highest BCUT2D eigenvalue weighted by Crippen LogP contribution is 2.30. The number of nitrogens with one attached hydrogen (secondary N) is 1. The molecule has 1 N–H and O–H groups in total. The topological polar surface area (TPSA) is 76.7 Å². The van der Waals surface area contributed by atoms with Crippen LogP contribution in [0, 0.1) is 6.92 Å². The zero-order valence-electron chi connectivity index (χ0n) is 11.7. The van der Waals surface area contributed by atoms with Crippen molar-refractivity contribution in [1.29, 1.82) is 0 Å². The predicted molar refractivity (Wildman–Crippen MR) is 83.0 cm³/mol. The number of aryl methyl sites for hydroxylation is 2. The molecule has 0 spiro atoms. The molecule has 0 fully saturated rings. The van der Waals surface area contributed by atoms with Gasteiger partial charge in [0.25, 0.3) is 0 Å². The lowest BCUT2D eigenvalue weighted by Crippen LogP contribution is -2.08. The van der Waals surface area contributed by atoms with Crippen molar-refractivity contribution in [3.8, 4) is 0 Å². The van der Waals surface area contributed by atoms with Crippen molar-refractivity contribution >= 4 is 39.0 Å². The maximum absolute atomic E-state index is 5.98. The minimum Gasteiger partial charge on any atom is -0.369 e. The van der Waals surface area contributed by atoms with Gasteiger partial charge in [-0.05, 0) is 24.1 Å². The molecule has 3 heterocycles. The molecule has 110 valence electrons. The fourth-order valence-corrected chi connectivity index (χ4v) is 3.18. The molecule has 3 aromatic heterocycles. The molecular formula is C13H14ClN5OS. The number of thiophene rings is 1. The summed E-state index contributed by atoms with van der Waals surface area (Å²) in [4.78, 5) is 14.9. The van der Waals surface area contributed by atoms with Crippen molar-refractivity contribution in [2.24, 2.45) is 0 Å². The van der Waals surface area contributed by atoms with Crippen molar-refractivity contribution in [2.45, 2.75) is 26.7 Å². The summed E-state index contributed by atoms with van der Waals surface area (Å²) in [5.74, 6) is 2.00. The molecule has 0 aliphatic heterocycles. The van der Waals surface area contributed by atoms with Crippen molar-refractivity contribution in [2.75, 3.05) is 11.9 Å². The summed E-state index contributed by atoms with van der Waals surface area (Å²) in [7, 11) is 0. The molecule has 0 amide bonds. The number of halogens is 1. The third-order valence-corrected chi connectivity index (χ3v) is 4.32. The van der Waals surface area contributed by atoms with Crippen molar-refractivity contribution in [3.63, 3.8) is 0 Å². The van der Waals surface area contributed by atoms with E-state index in [1.807, 2.05) is 0 Å². The molecule has 0 saturated carbocycles. The van der Waals surface area contributed by atoms with Gasteiger partial charge in [-0.1, -0.05) is 12.1 Å². The number of nitrogens with zero attached hydrogens (tertiary/aromatic N) is 4. The molecule has 3 rings (SSSR count). The Bertz CT molecular complexity index is 769. The van der Waals surface area contributed by atoms with Gasteiger partial charge >= 0.3 is 0 Å². The van der Waals surface area contributed by atoms with Gasteiger partial charge in [0.05, 0.1) is 5.39 Å². The maximum atomic E-state index is 5.98. The number of hydrogen-bond donors (Lipinski definition) is 1. The van der Waals surface area contributed by atoms with Gasteiger partial charge in [0.1, 0.15) is 10.6 Å². The third-order valence-electron chi connectivity index (χ3n) is 2.98. The number of hydrogen-bond acceptors (Lipinski definition) is 7. The summed E-state index contributed by atoms with van der Waals surface area (Å²) in [6, 6.07) is 2.11. The minimum absolute atomic E-state index is 0.255. The average Bonchev–Trinajstić information content (AvgIpc) is 3.04. The molecule has 0 radical (unpaired) electrons. The molecule has 6 nitrogen and oxygen atoms in total. The minimum atomic E-state index is 0.255. The van der Waals surface area contributed by atoms with Gasteiger partial charge in [0.15, 0.2) is 5.82 Å². The lowest BCUT2D eigenvalue weighted by Gasteiger charge is -2.05. The van der Waals surface area contributed by atoms with E-state index in [0.29, 0.717) is 24.7 Å².